The quantitative estimate of drug-likeness (QED) is 0.639. The van der Waals surface area contributed by atoms with E-state index in [2.05, 4.69) is 0 Å². The van der Waals surface area contributed by atoms with Gasteiger partial charge in [-0.2, -0.15) is 0 Å². The molecule has 8 heteroatoms. The molecule has 120 valence electrons. The van der Waals surface area contributed by atoms with Crippen molar-refractivity contribution < 1.29 is 21.7 Å². The summed E-state index contributed by atoms with van der Waals surface area (Å²) in [5.41, 5.74) is 0. The van der Waals surface area contributed by atoms with Crippen LogP contribution < -0.4 is 0 Å². The summed E-state index contributed by atoms with van der Waals surface area (Å²) in [6.07, 6.45) is 0.811. The van der Waals surface area contributed by atoms with Crippen molar-refractivity contribution in [1.82, 2.24) is 0 Å². The highest BCUT2D eigenvalue weighted by Crippen LogP contribution is 2.20. The maximum Gasteiger partial charge on any atom is 0.501 e. The minimum Gasteiger partial charge on any atom is -0.377 e. The third-order valence-corrected chi connectivity index (χ3v) is 8.09. The fourth-order valence-corrected chi connectivity index (χ4v) is 6.21. The molecule has 0 spiro atoms. The Bertz CT molecular complexity index is 528. The summed E-state index contributed by atoms with van der Waals surface area (Å²) in [7, 11) is -3.37. The molecule has 1 rings (SSSR count). The first-order valence-corrected chi connectivity index (χ1v) is 10.6. The lowest BCUT2D eigenvalue weighted by atomic mass is 10.4. The van der Waals surface area contributed by atoms with E-state index >= 15 is 0 Å². The summed E-state index contributed by atoms with van der Waals surface area (Å²) >= 11 is 5.77. The average molecular weight is 353 g/mol. The summed E-state index contributed by atoms with van der Waals surface area (Å²) in [6.45, 7) is 2.45. The highest BCUT2D eigenvalue weighted by atomic mass is 35.5. The Morgan fingerprint density at radius 1 is 1.14 bits per heavy atom. The van der Waals surface area contributed by atoms with Gasteiger partial charge in [-0.3, -0.25) is 0 Å². The van der Waals surface area contributed by atoms with Gasteiger partial charge in [-0.15, -0.1) is 0 Å². The van der Waals surface area contributed by atoms with Crippen LogP contribution in [0.25, 0.3) is 0 Å². The topological polar surface area (TPSA) is 61.8 Å². The molecule has 1 aromatic rings. The van der Waals surface area contributed by atoms with Crippen molar-refractivity contribution in [3.8, 4) is 0 Å². The van der Waals surface area contributed by atoms with Gasteiger partial charge in [0.25, 0.3) is 0 Å². The van der Waals surface area contributed by atoms with E-state index in [0.29, 0.717) is 11.6 Å². The molecule has 0 aliphatic rings. The van der Waals surface area contributed by atoms with Crippen molar-refractivity contribution in [3.05, 3.63) is 29.3 Å². The Labute approximate surface area is 132 Å². The Balaban J connectivity index is 2.80. The zero-order chi connectivity index (χ0) is 15.9. The molecule has 21 heavy (non-hydrogen) atoms. The van der Waals surface area contributed by atoms with Crippen LogP contribution in [0, 0.1) is 0 Å². The fourth-order valence-electron chi connectivity index (χ4n) is 1.75. The van der Waals surface area contributed by atoms with Crippen LogP contribution in [0.4, 0.5) is 0 Å². The van der Waals surface area contributed by atoms with E-state index in [1.807, 2.05) is 6.92 Å². The molecule has 1 aromatic carbocycles. The molecule has 0 aromatic heterocycles. The van der Waals surface area contributed by atoms with E-state index in [1.54, 1.807) is 12.1 Å². The van der Waals surface area contributed by atoms with Crippen molar-refractivity contribution in [1.29, 1.82) is 0 Å². The SMILES string of the molecule is CCCO[Si](CCS(=O)(=O)c1ccc(Cl)cc1)(OC)OC. The number of hydrogen-bond donors (Lipinski definition) is 0. The maximum atomic E-state index is 12.3. The number of rotatable bonds is 9. The van der Waals surface area contributed by atoms with Crippen LogP contribution in [0.2, 0.25) is 11.1 Å². The van der Waals surface area contributed by atoms with Crippen LogP contribution in [0.1, 0.15) is 13.3 Å². The zero-order valence-electron chi connectivity index (χ0n) is 12.5. The van der Waals surface area contributed by atoms with Gasteiger partial charge in [0, 0.05) is 31.9 Å². The minimum absolute atomic E-state index is 0.0910. The lowest BCUT2D eigenvalue weighted by molar-refractivity contribution is 0.0999. The molecule has 5 nitrogen and oxygen atoms in total. The minimum atomic E-state index is -3.42. The van der Waals surface area contributed by atoms with Crippen molar-refractivity contribution in [2.45, 2.75) is 24.3 Å². The van der Waals surface area contributed by atoms with E-state index < -0.39 is 18.6 Å². The van der Waals surface area contributed by atoms with Gasteiger partial charge in [-0.25, -0.2) is 8.42 Å². The van der Waals surface area contributed by atoms with E-state index in [4.69, 9.17) is 24.9 Å². The first-order chi connectivity index (χ1) is 9.89. The van der Waals surface area contributed by atoms with E-state index in [9.17, 15) is 8.42 Å². The maximum absolute atomic E-state index is 12.3. The molecule has 0 amide bonds. The van der Waals surface area contributed by atoms with Crippen LogP contribution in [-0.2, 0) is 23.1 Å². The third kappa shape index (κ3) is 5.35. The molecule has 0 bridgehead atoms. The lowest BCUT2D eigenvalue weighted by Gasteiger charge is -2.26. The Hall–Kier alpha value is -0.443. The monoisotopic (exact) mass is 352 g/mol. The average Bonchev–Trinajstić information content (AvgIpc) is 2.49. The van der Waals surface area contributed by atoms with Gasteiger partial charge in [0.1, 0.15) is 0 Å². The second-order valence-corrected chi connectivity index (χ2v) is 9.98. The number of sulfone groups is 1. The standard InChI is InChI=1S/C13H21ClO5SSi/c1-4-9-19-21(17-2,18-3)11-10-20(15,16)13-7-5-12(14)6-8-13/h5-8H,4,9-11H2,1-3H3. The van der Waals surface area contributed by atoms with Crippen molar-refractivity contribution >= 4 is 30.2 Å². The second kappa shape index (κ2) is 8.26. The van der Waals surface area contributed by atoms with Crippen molar-refractivity contribution in [2.24, 2.45) is 0 Å². The molecule has 0 unspecified atom stereocenters. The Kier molecular flexibility index (Phi) is 7.32. The van der Waals surface area contributed by atoms with Gasteiger partial charge in [-0.1, -0.05) is 18.5 Å². The Morgan fingerprint density at radius 2 is 1.71 bits per heavy atom. The van der Waals surface area contributed by atoms with Gasteiger partial charge in [-0.05, 0) is 30.7 Å². The predicted molar refractivity (Wildman–Crippen MR) is 84.3 cm³/mol. The van der Waals surface area contributed by atoms with E-state index in [0.717, 1.165) is 6.42 Å². The van der Waals surface area contributed by atoms with Crippen molar-refractivity contribution in [2.75, 3.05) is 26.6 Å². The molecule has 0 fully saturated rings. The first-order valence-electron chi connectivity index (χ1n) is 6.61. The molecule has 0 radical (unpaired) electrons. The number of hydrogen-bond acceptors (Lipinski definition) is 5. The molecular weight excluding hydrogens is 332 g/mol. The third-order valence-electron chi connectivity index (χ3n) is 3.00. The van der Waals surface area contributed by atoms with E-state index in [1.165, 1.54) is 26.4 Å². The zero-order valence-corrected chi connectivity index (χ0v) is 15.0. The molecule has 0 aliphatic heterocycles. The van der Waals surface area contributed by atoms with Gasteiger partial charge in [0.05, 0.1) is 10.6 Å². The molecule has 0 saturated carbocycles. The summed E-state index contributed by atoms with van der Waals surface area (Å²) in [5.74, 6) is -0.0910. The normalized spacial score (nSPS) is 12.6. The Morgan fingerprint density at radius 3 is 2.19 bits per heavy atom. The van der Waals surface area contributed by atoms with Gasteiger partial charge < -0.3 is 13.3 Å². The highest BCUT2D eigenvalue weighted by molar-refractivity contribution is 7.91. The van der Waals surface area contributed by atoms with Crippen LogP contribution in [0.5, 0.6) is 0 Å². The molecule has 0 N–H and O–H groups in total. The summed E-state index contributed by atoms with van der Waals surface area (Å²) in [5, 5.41) is 0.498. The fraction of sp³-hybridized carbons (Fsp3) is 0.538. The molecule has 0 atom stereocenters. The molecule has 0 aliphatic carbocycles. The second-order valence-electron chi connectivity index (χ2n) is 4.46. The van der Waals surface area contributed by atoms with Crippen LogP contribution in [0.15, 0.2) is 29.2 Å². The number of halogens is 1. The van der Waals surface area contributed by atoms with Gasteiger partial charge in [0.2, 0.25) is 0 Å². The summed E-state index contributed by atoms with van der Waals surface area (Å²) < 4.78 is 40.9. The summed E-state index contributed by atoms with van der Waals surface area (Å²) in [4.78, 5) is 0.234. The highest BCUT2D eigenvalue weighted by Gasteiger charge is 2.40. The first kappa shape index (κ1) is 18.6. The number of benzene rings is 1. The predicted octanol–water partition coefficient (Wildman–Crippen LogP) is 2.77. The summed E-state index contributed by atoms with van der Waals surface area (Å²) in [6, 6.07) is 6.31. The lowest BCUT2D eigenvalue weighted by Crippen LogP contribution is -2.45. The molecule has 0 saturated heterocycles. The van der Waals surface area contributed by atoms with Crippen molar-refractivity contribution in [3.63, 3.8) is 0 Å². The molecule has 0 heterocycles. The van der Waals surface area contributed by atoms with Gasteiger partial charge >= 0.3 is 8.80 Å². The van der Waals surface area contributed by atoms with Crippen LogP contribution >= 0.6 is 11.6 Å². The van der Waals surface area contributed by atoms with Gasteiger partial charge in [0.15, 0.2) is 9.84 Å². The largest absolute Gasteiger partial charge is 0.501 e. The van der Waals surface area contributed by atoms with Crippen LogP contribution in [0.3, 0.4) is 0 Å². The smallest absolute Gasteiger partial charge is 0.377 e. The molecular formula is C13H21ClO5SSi. The van der Waals surface area contributed by atoms with E-state index in [-0.39, 0.29) is 16.7 Å². The van der Waals surface area contributed by atoms with Crippen LogP contribution in [-0.4, -0.2) is 43.8 Å².